The third kappa shape index (κ3) is 8.62. The van der Waals surface area contributed by atoms with Gasteiger partial charge in [-0.05, 0) is 65.9 Å². The van der Waals surface area contributed by atoms with E-state index in [9.17, 15) is 0 Å². The molecule has 2 heterocycles. The lowest BCUT2D eigenvalue weighted by Gasteiger charge is -2.12. The Hall–Kier alpha value is -7.17. The minimum Gasteiger partial charge on any atom is -0.456 e. The van der Waals surface area contributed by atoms with Crippen LogP contribution in [0.3, 0.4) is 0 Å². The SMILES string of the molecule is C=C/C=C\C=C/Cc1ccc(-c2nc(-c3ccccc3)nc(-c3cccc4oc5cc(/C=C/C=C(\C=C/C)/C=C/C=C\C=C/C)ccc5c34)n2)c2ccccc12. The molecule has 0 saturated carbocycles. The Morgan fingerprint density at radius 3 is 2.18 bits per heavy atom. The van der Waals surface area contributed by atoms with E-state index in [-0.39, 0.29) is 0 Å². The van der Waals surface area contributed by atoms with Crippen LogP contribution < -0.4 is 0 Å². The summed E-state index contributed by atoms with van der Waals surface area (Å²) >= 11 is 0. The molecule has 0 aliphatic rings. The average Bonchev–Trinajstić information content (AvgIpc) is 3.62. The Balaban J connectivity index is 1.30. The minimum atomic E-state index is 0.589. The zero-order valence-electron chi connectivity index (χ0n) is 31.7. The lowest BCUT2D eigenvalue weighted by Crippen LogP contribution is -2.01. The first-order valence-electron chi connectivity index (χ1n) is 18.9. The van der Waals surface area contributed by atoms with Crippen molar-refractivity contribution in [1.82, 2.24) is 15.0 Å². The summed E-state index contributed by atoms with van der Waals surface area (Å²) in [7, 11) is 0. The first-order chi connectivity index (χ1) is 27.7. The van der Waals surface area contributed by atoms with Crippen molar-refractivity contribution in [2.24, 2.45) is 0 Å². The number of benzene rings is 5. The Morgan fingerprint density at radius 2 is 1.36 bits per heavy atom. The number of allylic oxidation sites excluding steroid dienone is 16. The normalized spacial score (nSPS) is 12.9. The summed E-state index contributed by atoms with van der Waals surface area (Å²) in [6, 6.07) is 35.3. The van der Waals surface area contributed by atoms with Gasteiger partial charge in [0.15, 0.2) is 17.5 Å². The topological polar surface area (TPSA) is 51.8 Å². The van der Waals surface area contributed by atoms with Gasteiger partial charge < -0.3 is 4.42 Å². The molecule has 56 heavy (non-hydrogen) atoms. The monoisotopic (exact) mass is 725 g/mol. The molecule has 0 atom stereocenters. The van der Waals surface area contributed by atoms with Gasteiger partial charge in [-0.3, -0.25) is 0 Å². The Bertz CT molecular complexity index is 2750. The zero-order valence-corrected chi connectivity index (χ0v) is 31.7. The van der Waals surface area contributed by atoms with Crippen molar-refractivity contribution >= 4 is 38.8 Å². The van der Waals surface area contributed by atoms with Gasteiger partial charge in [-0.2, -0.15) is 0 Å². The zero-order chi connectivity index (χ0) is 38.5. The fraction of sp³-hybridized carbons (Fsp3) is 0.0577. The number of hydrogen-bond donors (Lipinski definition) is 0. The largest absolute Gasteiger partial charge is 0.456 e. The number of rotatable bonds is 13. The summed E-state index contributed by atoms with van der Waals surface area (Å²) in [5.74, 6) is 1.82. The Morgan fingerprint density at radius 1 is 0.589 bits per heavy atom. The van der Waals surface area contributed by atoms with Crippen LogP contribution in [-0.2, 0) is 6.42 Å². The van der Waals surface area contributed by atoms with Crippen molar-refractivity contribution in [3.8, 4) is 34.2 Å². The van der Waals surface area contributed by atoms with Crippen LogP contribution >= 0.6 is 0 Å². The summed E-state index contributed by atoms with van der Waals surface area (Å²) in [6.07, 6.45) is 33.3. The molecule has 0 radical (unpaired) electrons. The van der Waals surface area contributed by atoms with E-state index in [2.05, 4.69) is 110 Å². The smallest absolute Gasteiger partial charge is 0.164 e. The summed E-state index contributed by atoms with van der Waals surface area (Å²) < 4.78 is 6.49. The molecule has 0 bridgehead atoms. The highest BCUT2D eigenvalue weighted by Crippen LogP contribution is 2.38. The van der Waals surface area contributed by atoms with Gasteiger partial charge in [-0.25, -0.2) is 15.0 Å². The fourth-order valence-corrected chi connectivity index (χ4v) is 6.65. The second-order valence-electron chi connectivity index (χ2n) is 13.1. The van der Waals surface area contributed by atoms with Crippen LogP contribution in [0.15, 0.2) is 211 Å². The molecule has 0 fully saturated rings. The molecule has 7 aromatic rings. The summed E-state index contributed by atoms with van der Waals surface area (Å²) in [5, 5.41) is 4.23. The van der Waals surface area contributed by atoms with Gasteiger partial charge in [0.05, 0.1) is 0 Å². The predicted octanol–water partition coefficient (Wildman–Crippen LogP) is 14.0. The van der Waals surface area contributed by atoms with Gasteiger partial charge in [0, 0.05) is 27.5 Å². The van der Waals surface area contributed by atoms with E-state index in [0.717, 1.165) is 61.6 Å². The maximum Gasteiger partial charge on any atom is 0.164 e. The van der Waals surface area contributed by atoms with Gasteiger partial charge in [0.2, 0.25) is 0 Å². The quantitative estimate of drug-likeness (QED) is 0.111. The number of fused-ring (bicyclic) bond motifs is 4. The number of furan rings is 1. The summed E-state index contributed by atoms with van der Waals surface area (Å²) in [4.78, 5) is 15.4. The molecule has 2 aromatic heterocycles. The molecule has 0 unspecified atom stereocenters. The molecular weight excluding hydrogens is 683 g/mol. The molecule has 5 aromatic carbocycles. The van der Waals surface area contributed by atoms with Gasteiger partial charge in [0.1, 0.15) is 11.2 Å². The fourth-order valence-electron chi connectivity index (χ4n) is 6.65. The molecule has 7 rings (SSSR count). The van der Waals surface area contributed by atoms with E-state index < -0.39 is 0 Å². The van der Waals surface area contributed by atoms with E-state index >= 15 is 0 Å². The molecule has 272 valence electrons. The Kier molecular flexibility index (Phi) is 12.1. The molecule has 4 heteroatoms. The molecule has 0 amide bonds. The third-order valence-corrected chi connectivity index (χ3v) is 9.27. The molecule has 4 nitrogen and oxygen atoms in total. The maximum atomic E-state index is 6.49. The highest BCUT2D eigenvalue weighted by atomic mass is 16.3. The molecule has 0 N–H and O–H groups in total. The highest BCUT2D eigenvalue weighted by molar-refractivity contribution is 6.12. The lowest BCUT2D eigenvalue weighted by atomic mass is 9.97. The first kappa shape index (κ1) is 37.2. The van der Waals surface area contributed by atoms with Crippen molar-refractivity contribution in [3.63, 3.8) is 0 Å². The number of hydrogen-bond acceptors (Lipinski definition) is 4. The first-order valence-corrected chi connectivity index (χ1v) is 18.9. The lowest BCUT2D eigenvalue weighted by molar-refractivity contribution is 0.669. The van der Waals surface area contributed by atoms with E-state index in [0.29, 0.717) is 17.5 Å². The van der Waals surface area contributed by atoms with Crippen LogP contribution in [0.2, 0.25) is 0 Å². The third-order valence-electron chi connectivity index (χ3n) is 9.27. The van der Waals surface area contributed by atoms with Crippen molar-refractivity contribution in [2.45, 2.75) is 20.3 Å². The highest BCUT2D eigenvalue weighted by Gasteiger charge is 2.19. The van der Waals surface area contributed by atoms with E-state index in [1.807, 2.05) is 105 Å². The van der Waals surface area contributed by atoms with Crippen LogP contribution in [0, 0.1) is 0 Å². The summed E-state index contributed by atoms with van der Waals surface area (Å²) in [5.41, 5.74) is 7.71. The predicted molar refractivity (Wildman–Crippen MR) is 238 cm³/mol. The van der Waals surface area contributed by atoms with Crippen molar-refractivity contribution < 1.29 is 4.42 Å². The molecular formula is C52H43N3O. The van der Waals surface area contributed by atoms with Gasteiger partial charge in [-0.1, -0.05) is 189 Å². The van der Waals surface area contributed by atoms with E-state index in [4.69, 9.17) is 19.4 Å². The van der Waals surface area contributed by atoms with Crippen LogP contribution in [0.1, 0.15) is 25.0 Å². The molecule has 0 spiro atoms. The molecule has 0 aliphatic heterocycles. The minimum absolute atomic E-state index is 0.589. The van der Waals surface area contributed by atoms with Gasteiger partial charge in [-0.15, -0.1) is 0 Å². The van der Waals surface area contributed by atoms with Crippen LogP contribution in [0.4, 0.5) is 0 Å². The molecule has 0 saturated heterocycles. The van der Waals surface area contributed by atoms with Gasteiger partial charge >= 0.3 is 0 Å². The standard InChI is InChI=1S/C52H43N3O/c1-4-7-9-11-14-23-38(22-6-3)24-20-25-39-33-35-45-48(37-39)56-47-32-21-31-46(49(45)47)52-54-50(41-27-16-13-17-28-41)53-51(55-52)44-36-34-40(26-15-12-10-8-5-2)42-29-18-19-30-43(42)44/h4-25,27-37H,2,26H2,1,3H3/b7-4-,10-8-,11-9-,15-12-,22-6-,23-14+,25-20+,38-24+. The van der Waals surface area contributed by atoms with Crippen LogP contribution in [0.5, 0.6) is 0 Å². The summed E-state index contributed by atoms with van der Waals surface area (Å²) in [6.45, 7) is 7.78. The van der Waals surface area contributed by atoms with Crippen molar-refractivity contribution in [2.75, 3.05) is 0 Å². The maximum absolute atomic E-state index is 6.49. The van der Waals surface area contributed by atoms with Crippen molar-refractivity contribution in [1.29, 1.82) is 0 Å². The van der Waals surface area contributed by atoms with Crippen LogP contribution in [0.25, 0.3) is 73.0 Å². The van der Waals surface area contributed by atoms with Gasteiger partial charge in [0.25, 0.3) is 0 Å². The average molecular weight is 726 g/mol. The van der Waals surface area contributed by atoms with Crippen LogP contribution in [-0.4, -0.2) is 15.0 Å². The van der Waals surface area contributed by atoms with E-state index in [1.54, 1.807) is 6.08 Å². The number of aromatic nitrogens is 3. The molecule has 0 aliphatic carbocycles. The Labute approximate surface area is 329 Å². The van der Waals surface area contributed by atoms with Crippen molar-refractivity contribution in [3.05, 3.63) is 218 Å². The second kappa shape index (κ2) is 18.2. The number of nitrogens with zero attached hydrogens (tertiary/aromatic N) is 3. The van der Waals surface area contributed by atoms with E-state index in [1.165, 1.54) is 10.9 Å². The second-order valence-corrected chi connectivity index (χ2v) is 13.1.